The van der Waals surface area contributed by atoms with Crippen LogP contribution < -0.4 is 5.73 Å². The maximum atomic E-state index is 14.3. The van der Waals surface area contributed by atoms with Gasteiger partial charge in [-0.15, -0.1) is 0 Å². The Labute approximate surface area is 121 Å². The van der Waals surface area contributed by atoms with Gasteiger partial charge in [-0.05, 0) is 6.42 Å². The second-order valence-corrected chi connectivity index (χ2v) is 5.42. The Balaban J connectivity index is 0.00000147. The number of piperidine rings is 1. The fourth-order valence-electron chi connectivity index (χ4n) is 2.58. The van der Waals surface area contributed by atoms with Crippen molar-refractivity contribution >= 4 is 17.3 Å². The van der Waals surface area contributed by atoms with E-state index in [9.17, 15) is 8.78 Å². The van der Waals surface area contributed by atoms with Crippen molar-refractivity contribution in [3.8, 4) is 0 Å². The smallest absolute Gasteiger partial charge is 0.282 e. The molecule has 2 aliphatic rings. The van der Waals surface area contributed by atoms with Crippen LogP contribution in [0.25, 0.3) is 0 Å². The Hall–Kier alpha value is -0.920. The molecule has 1 aromatic heterocycles. The van der Waals surface area contributed by atoms with Crippen molar-refractivity contribution in [2.75, 3.05) is 32.0 Å². The third-order valence-electron chi connectivity index (χ3n) is 3.78. The molecular weight excluding hydrogens is 290 g/mol. The van der Waals surface area contributed by atoms with E-state index in [1.807, 2.05) is 0 Å². The number of likely N-dealkylation sites (tertiary alicyclic amines) is 1. The van der Waals surface area contributed by atoms with Crippen LogP contribution in [0.3, 0.4) is 0 Å². The number of ether oxygens (including phenoxy) is 1. The first-order valence-electron chi connectivity index (χ1n) is 6.17. The van der Waals surface area contributed by atoms with Crippen molar-refractivity contribution in [2.45, 2.75) is 31.9 Å². The van der Waals surface area contributed by atoms with E-state index in [0.29, 0.717) is 26.2 Å². The normalized spacial score (nSPS) is 26.9. The van der Waals surface area contributed by atoms with Gasteiger partial charge in [0.05, 0.1) is 37.7 Å². The Kier molecular flexibility index (Phi) is 4.22. The van der Waals surface area contributed by atoms with Crippen LogP contribution in [0.15, 0.2) is 6.20 Å². The minimum atomic E-state index is -2.88. The van der Waals surface area contributed by atoms with Gasteiger partial charge < -0.3 is 10.5 Å². The Bertz CT molecular complexity index is 478. The maximum absolute atomic E-state index is 14.3. The number of nitrogen functional groups attached to an aromatic ring is 1. The van der Waals surface area contributed by atoms with Gasteiger partial charge in [-0.3, -0.25) is 4.90 Å². The van der Waals surface area contributed by atoms with Gasteiger partial charge in [0.25, 0.3) is 5.92 Å². The van der Waals surface area contributed by atoms with Crippen molar-refractivity contribution in [3.63, 3.8) is 0 Å². The highest BCUT2D eigenvalue weighted by molar-refractivity contribution is 6.32. The number of aromatic nitrogens is 2. The zero-order valence-electron chi connectivity index (χ0n) is 10.2. The minimum absolute atomic E-state index is 0. The molecule has 2 fully saturated rings. The summed E-state index contributed by atoms with van der Waals surface area (Å²) in [6, 6.07) is -0.917. The van der Waals surface area contributed by atoms with E-state index in [2.05, 4.69) is 5.10 Å². The number of hydrogen-bond acceptors (Lipinski definition) is 4. The summed E-state index contributed by atoms with van der Waals surface area (Å²) in [5.74, 6) is -2.88. The molecule has 20 heavy (non-hydrogen) atoms. The number of halogens is 3. The lowest BCUT2D eigenvalue weighted by molar-refractivity contribution is -0.149. The number of nitrogens with two attached hydrogens (primary N) is 1. The Morgan fingerprint density at radius 3 is 2.60 bits per heavy atom. The van der Waals surface area contributed by atoms with Gasteiger partial charge in [-0.1, -0.05) is 19.0 Å². The zero-order chi connectivity index (χ0) is 13.6. The van der Waals surface area contributed by atoms with Gasteiger partial charge in [0.2, 0.25) is 0 Å². The molecule has 5 nitrogen and oxygen atoms in total. The first kappa shape index (κ1) is 15.5. The standard InChI is InChI=1S/C11H15ClF2N4O.CH4/c12-10-8(15)3-16-18(10)9-1-2-17(6-11(9,13)14)7-4-19-5-7;/h3,7,9H,1-2,4-6,15H2;1H4. The van der Waals surface area contributed by atoms with Gasteiger partial charge in [-0.25, -0.2) is 13.5 Å². The highest BCUT2D eigenvalue weighted by Gasteiger charge is 2.49. The molecule has 0 aliphatic carbocycles. The predicted octanol–water partition coefficient (Wildman–Crippen LogP) is 2.04. The third kappa shape index (κ3) is 2.49. The number of anilines is 1. The van der Waals surface area contributed by atoms with Crippen molar-refractivity contribution in [1.82, 2.24) is 14.7 Å². The molecule has 3 rings (SSSR count). The fourth-order valence-corrected chi connectivity index (χ4v) is 2.79. The van der Waals surface area contributed by atoms with Gasteiger partial charge in [-0.2, -0.15) is 5.10 Å². The first-order chi connectivity index (χ1) is 8.99. The van der Waals surface area contributed by atoms with Crippen LogP contribution in [0.1, 0.15) is 19.9 Å². The Morgan fingerprint density at radius 2 is 2.15 bits per heavy atom. The lowest BCUT2D eigenvalue weighted by atomic mass is 9.99. The zero-order valence-corrected chi connectivity index (χ0v) is 11.0. The van der Waals surface area contributed by atoms with E-state index in [-0.39, 0.29) is 30.9 Å². The molecule has 2 N–H and O–H groups in total. The molecule has 0 spiro atoms. The lowest BCUT2D eigenvalue weighted by Crippen LogP contribution is -2.58. The first-order valence-corrected chi connectivity index (χ1v) is 6.55. The van der Waals surface area contributed by atoms with Crippen molar-refractivity contribution in [3.05, 3.63) is 11.3 Å². The molecular formula is C12H19ClF2N4O. The maximum Gasteiger partial charge on any atom is 0.282 e. The van der Waals surface area contributed by atoms with E-state index in [4.69, 9.17) is 22.1 Å². The van der Waals surface area contributed by atoms with Crippen LogP contribution in [0.4, 0.5) is 14.5 Å². The van der Waals surface area contributed by atoms with Crippen molar-refractivity contribution < 1.29 is 13.5 Å². The number of rotatable bonds is 2. The van der Waals surface area contributed by atoms with Gasteiger partial charge in [0.15, 0.2) is 5.15 Å². The second kappa shape index (κ2) is 5.46. The summed E-state index contributed by atoms with van der Waals surface area (Å²) in [6.07, 6.45) is 1.61. The van der Waals surface area contributed by atoms with Crippen LogP contribution in [-0.2, 0) is 4.74 Å². The summed E-state index contributed by atoms with van der Waals surface area (Å²) in [5, 5.41) is 3.96. The third-order valence-corrected chi connectivity index (χ3v) is 4.18. The highest BCUT2D eigenvalue weighted by atomic mass is 35.5. The van der Waals surface area contributed by atoms with Crippen LogP contribution in [0.5, 0.6) is 0 Å². The van der Waals surface area contributed by atoms with E-state index >= 15 is 0 Å². The van der Waals surface area contributed by atoms with E-state index in [0.717, 1.165) is 4.68 Å². The monoisotopic (exact) mass is 308 g/mol. The SMILES string of the molecule is C.Nc1cnn(C2CCN(C3COC3)CC2(F)F)c1Cl. The van der Waals surface area contributed by atoms with Gasteiger partial charge >= 0.3 is 0 Å². The number of alkyl halides is 2. The van der Waals surface area contributed by atoms with E-state index < -0.39 is 12.0 Å². The molecule has 1 aromatic rings. The highest BCUT2D eigenvalue weighted by Crippen LogP contribution is 2.39. The van der Waals surface area contributed by atoms with Gasteiger partial charge in [0.1, 0.15) is 6.04 Å². The predicted molar refractivity (Wildman–Crippen MR) is 73.2 cm³/mol. The minimum Gasteiger partial charge on any atom is -0.395 e. The summed E-state index contributed by atoms with van der Waals surface area (Å²) < 4.78 is 34.7. The largest absolute Gasteiger partial charge is 0.395 e. The summed E-state index contributed by atoms with van der Waals surface area (Å²) in [5.41, 5.74) is 5.78. The van der Waals surface area contributed by atoms with Crippen LogP contribution in [-0.4, -0.2) is 52.9 Å². The molecule has 3 heterocycles. The van der Waals surface area contributed by atoms with Gasteiger partial charge in [0, 0.05) is 6.54 Å². The number of nitrogens with zero attached hydrogens (tertiary/aromatic N) is 3. The molecule has 0 saturated carbocycles. The molecule has 0 amide bonds. The molecule has 1 atom stereocenters. The average molecular weight is 309 g/mol. The van der Waals surface area contributed by atoms with Crippen molar-refractivity contribution in [1.29, 1.82) is 0 Å². The second-order valence-electron chi connectivity index (χ2n) is 5.06. The van der Waals surface area contributed by atoms with Crippen LogP contribution in [0, 0.1) is 0 Å². The molecule has 114 valence electrons. The Morgan fingerprint density at radius 1 is 1.45 bits per heavy atom. The fraction of sp³-hybridized carbons (Fsp3) is 0.750. The van der Waals surface area contributed by atoms with Crippen LogP contribution >= 0.6 is 11.6 Å². The molecule has 0 bridgehead atoms. The van der Waals surface area contributed by atoms with E-state index in [1.54, 1.807) is 4.90 Å². The summed E-state index contributed by atoms with van der Waals surface area (Å²) in [4.78, 5) is 1.78. The number of hydrogen-bond donors (Lipinski definition) is 1. The topological polar surface area (TPSA) is 56.3 Å². The summed E-state index contributed by atoms with van der Waals surface area (Å²) in [7, 11) is 0. The van der Waals surface area contributed by atoms with Crippen molar-refractivity contribution in [2.24, 2.45) is 0 Å². The van der Waals surface area contributed by atoms with Crippen LogP contribution in [0.2, 0.25) is 5.15 Å². The van der Waals surface area contributed by atoms with E-state index in [1.165, 1.54) is 6.20 Å². The summed E-state index contributed by atoms with van der Waals surface area (Å²) >= 11 is 5.92. The lowest BCUT2D eigenvalue weighted by Gasteiger charge is -2.44. The molecule has 0 aromatic carbocycles. The summed E-state index contributed by atoms with van der Waals surface area (Å²) in [6.45, 7) is 1.37. The molecule has 2 saturated heterocycles. The average Bonchev–Trinajstić information content (AvgIpc) is 2.57. The molecule has 1 unspecified atom stereocenters. The molecule has 8 heteroatoms. The molecule has 0 radical (unpaired) electrons. The quantitative estimate of drug-likeness (QED) is 0.908. The molecule has 2 aliphatic heterocycles.